The first-order valence-electron chi connectivity index (χ1n) is 17.1. The first-order valence-corrected chi connectivity index (χ1v) is 17.9. The molecular formula is C40H39F3N4O3S. The van der Waals surface area contributed by atoms with Crippen LogP contribution in [0.3, 0.4) is 0 Å². The SMILES string of the molecule is CCCCN(CCCC)C1C=C(OCC2CO2)C(/C=C/c2ccc(/C=C/C3=C(C#N)C(=C(C#N)C#N)OC3(c3ccccc3)C(F)(F)F)s2)=CC1. The lowest BCUT2D eigenvalue weighted by molar-refractivity contribution is -0.249. The third-order valence-electron chi connectivity index (χ3n) is 8.86. The number of thiophene rings is 1. The van der Waals surface area contributed by atoms with Crippen LogP contribution in [-0.2, 0) is 19.8 Å². The number of alkyl halides is 3. The summed E-state index contributed by atoms with van der Waals surface area (Å²) in [5.74, 6) is 0.117. The maximum Gasteiger partial charge on any atom is 0.437 e. The zero-order chi connectivity index (χ0) is 36.4. The lowest BCUT2D eigenvalue weighted by atomic mass is 9.84. The molecule has 0 N–H and O–H groups in total. The lowest BCUT2D eigenvalue weighted by Gasteiger charge is -2.33. The van der Waals surface area contributed by atoms with E-state index in [9.17, 15) is 15.8 Å². The molecule has 3 heterocycles. The van der Waals surface area contributed by atoms with E-state index in [1.807, 2.05) is 18.2 Å². The van der Waals surface area contributed by atoms with E-state index in [-0.39, 0.29) is 17.7 Å². The van der Waals surface area contributed by atoms with Crippen LogP contribution in [0.5, 0.6) is 0 Å². The third-order valence-corrected chi connectivity index (χ3v) is 9.88. The van der Waals surface area contributed by atoms with Crippen molar-refractivity contribution in [3.05, 3.63) is 116 Å². The minimum Gasteiger partial charge on any atom is -0.490 e. The molecule has 3 atom stereocenters. The number of ether oxygens (including phenoxy) is 3. The number of nitrogens with zero attached hydrogens (tertiary/aromatic N) is 4. The molecule has 3 unspecified atom stereocenters. The van der Waals surface area contributed by atoms with Crippen molar-refractivity contribution in [2.45, 2.75) is 69.9 Å². The average Bonchev–Trinajstić information content (AvgIpc) is 3.75. The highest BCUT2D eigenvalue weighted by atomic mass is 32.1. The average molecular weight is 713 g/mol. The second kappa shape index (κ2) is 16.9. The number of hydrogen-bond acceptors (Lipinski definition) is 8. The summed E-state index contributed by atoms with van der Waals surface area (Å²) in [5, 5.41) is 29.0. The molecule has 264 valence electrons. The van der Waals surface area contributed by atoms with Crippen LogP contribution >= 0.6 is 11.3 Å². The van der Waals surface area contributed by atoms with Crippen LogP contribution < -0.4 is 0 Å². The molecule has 3 aliphatic rings. The summed E-state index contributed by atoms with van der Waals surface area (Å²) in [6, 6.07) is 15.7. The Morgan fingerprint density at radius 3 is 2.20 bits per heavy atom. The molecular weight excluding hydrogens is 674 g/mol. The highest BCUT2D eigenvalue weighted by Gasteiger charge is 2.65. The van der Waals surface area contributed by atoms with E-state index in [0.29, 0.717) is 18.1 Å². The molecule has 2 aromatic rings. The topological polar surface area (TPSA) is 106 Å². The van der Waals surface area contributed by atoms with E-state index in [1.54, 1.807) is 30.3 Å². The van der Waals surface area contributed by atoms with Gasteiger partial charge in [0.25, 0.3) is 5.60 Å². The quantitative estimate of drug-likeness (QED) is 0.134. The van der Waals surface area contributed by atoms with Gasteiger partial charge in [-0.1, -0.05) is 75.2 Å². The van der Waals surface area contributed by atoms with Gasteiger partial charge in [-0.05, 0) is 62.7 Å². The molecule has 0 spiro atoms. The molecule has 0 radical (unpaired) electrons. The molecule has 1 saturated heterocycles. The van der Waals surface area contributed by atoms with Gasteiger partial charge < -0.3 is 14.2 Å². The molecule has 11 heteroatoms. The Kier molecular flexibility index (Phi) is 12.4. The smallest absolute Gasteiger partial charge is 0.437 e. The normalized spacial score (nSPS) is 21.7. The first-order chi connectivity index (χ1) is 24.7. The van der Waals surface area contributed by atoms with Gasteiger partial charge in [0.1, 0.15) is 42.3 Å². The maximum atomic E-state index is 15.1. The maximum absolute atomic E-state index is 15.1. The fourth-order valence-electron chi connectivity index (χ4n) is 6.05. The number of allylic oxidation sites excluding steroid dienone is 3. The van der Waals surface area contributed by atoms with E-state index >= 15 is 13.2 Å². The Labute approximate surface area is 301 Å². The minimum absolute atomic E-state index is 0.109. The molecule has 1 aliphatic carbocycles. The molecule has 7 nitrogen and oxygen atoms in total. The molecule has 1 aromatic carbocycles. The Bertz CT molecular complexity index is 1860. The van der Waals surface area contributed by atoms with E-state index < -0.39 is 34.3 Å². The summed E-state index contributed by atoms with van der Waals surface area (Å²) in [6.45, 7) is 7.64. The van der Waals surface area contributed by atoms with Crippen molar-refractivity contribution in [3.8, 4) is 18.2 Å². The van der Waals surface area contributed by atoms with Crippen LogP contribution in [0.2, 0.25) is 0 Å². The Morgan fingerprint density at radius 1 is 0.980 bits per heavy atom. The van der Waals surface area contributed by atoms with Gasteiger partial charge in [-0.25, -0.2) is 0 Å². The fourth-order valence-corrected chi connectivity index (χ4v) is 6.87. The van der Waals surface area contributed by atoms with Crippen molar-refractivity contribution in [1.82, 2.24) is 4.90 Å². The van der Waals surface area contributed by atoms with Crippen LogP contribution in [0.25, 0.3) is 12.2 Å². The van der Waals surface area contributed by atoms with Crippen LogP contribution in [-0.4, -0.2) is 49.5 Å². The summed E-state index contributed by atoms with van der Waals surface area (Å²) in [7, 11) is 0. The van der Waals surface area contributed by atoms with E-state index in [2.05, 4.69) is 30.9 Å². The Hall–Kier alpha value is -4.86. The number of epoxide rings is 1. The summed E-state index contributed by atoms with van der Waals surface area (Å²) in [5.41, 5.74) is -4.18. The summed E-state index contributed by atoms with van der Waals surface area (Å²) in [6.07, 6.45) is 11.5. The number of nitriles is 3. The predicted molar refractivity (Wildman–Crippen MR) is 190 cm³/mol. The van der Waals surface area contributed by atoms with E-state index in [1.165, 1.54) is 47.8 Å². The zero-order valence-corrected chi connectivity index (χ0v) is 29.4. The molecule has 51 heavy (non-hydrogen) atoms. The summed E-state index contributed by atoms with van der Waals surface area (Å²) >= 11 is 1.35. The third kappa shape index (κ3) is 8.55. The van der Waals surface area contributed by atoms with Gasteiger partial charge in [0.2, 0.25) is 0 Å². The zero-order valence-electron chi connectivity index (χ0n) is 28.6. The molecule has 0 amide bonds. The second-order valence-corrected chi connectivity index (χ2v) is 13.5. The van der Waals surface area contributed by atoms with Crippen LogP contribution in [0, 0.1) is 34.0 Å². The van der Waals surface area contributed by atoms with Crippen molar-refractivity contribution >= 4 is 23.5 Å². The Balaban J connectivity index is 1.43. The number of halogens is 3. The van der Waals surface area contributed by atoms with Crippen molar-refractivity contribution in [3.63, 3.8) is 0 Å². The largest absolute Gasteiger partial charge is 0.490 e. The molecule has 2 aliphatic heterocycles. The van der Waals surface area contributed by atoms with Crippen LogP contribution in [0.15, 0.2) is 101 Å². The van der Waals surface area contributed by atoms with Crippen molar-refractivity contribution in [1.29, 1.82) is 15.8 Å². The van der Waals surface area contributed by atoms with Gasteiger partial charge in [-0.3, -0.25) is 4.90 Å². The van der Waals surface area contributed by atoms with Gasteiger partial charge >= 0.3 is 6.18 Å². The van der Waals surface area contributed by atoms with E-state index in [0.717, 1.165) is 61.4 Å². The highest BCUT2D eigenvalue weighted by molar-refractivity contribution is 7.13. The fraction of sp³-hybridized carbons (Fsp3) is 0.375. The second-order valence-electron chi connectivity index (χ2n) is 12.4. The van der Waals surface area contributed by atoms with Gasteiger partial charge in [-0.2, -0.15) is 29.0 Å². The highest BCUT2D eigenvalue weighted by Crippen LogP contribution is 2.56. The standard InChI is InChI=1S/C40H39F3N4O3S/c1-3-5-20-47(21-6-4-2)31-14-12-28(37(22-31)49-27-32-26-48-32)13-15-33-16-17-34(51-33)18-19-36-35(25-46)38(29(23-44)24-45)50-39(36,40(41,42)43)30-10-8-7-9-11-30/h7-13,15-19,22,31-32H,3-6,14,20-21,26-27H2,1-2H3/b15-13+,19-18+. The lowest BCUT2D eigenvalue weighted by Crippen LogP contribution is -2.43. The number of benzene rings is 1. The van der Waals surface area contributed by atoms with Crippen LogP contribution in [0.4, 0.5) is 13.2 Å². The predicted octanol–water partition coefficient (Wildman–Crippen LogP) is 9.28. The molecule has 0 saturated carbocycles. The monoisotopic (exact) mass is 712 g/mol. The number of rotatable bonds is 15. The molecule has 5 rings (SSSR count). The van der Waals surface area contributed by atoms with Crippen molar-refractivity contribution in [2.75, 3.05) is 26.3 Å². The molecule has 1 fully saturated rings. The van der Waals surface area contributed by atoms with Crippen molar-refractivity contribution < 1.29 is 27.4 Å². The van der Waals surface area contributed by atoms with Gasteiger partial charge in [-0.15, -0.1) is 11.3 Å². The van der Waals surface area contributed by atoms with Crippen LogP contribution in [0.1, 0.15) is 61.3 Å². The molecule has 0 bridgehead atoms. The van der Waals surface area contributed by atoms with Crippen molar-refractivity contribution in [2.24, 2.45) is 0 Å². The number of unbranched alkanes of at least 4 members (excludes halogenated alkanes) is 2. The van der Waals surface area contributed by atoms with Gasteiger partial charge in [0.15, 0.2) is 11.3 Å². The van der Waals surface area contributed by atoms with Gasteiger partial charge in [0, 0.05) is 32.5 Å². The Morgan fingerprint density at radius 2 is 1.63 bits per heavy atom. The minimum atomic E-state index is -5.05. The van der Waals surface area contributed by atoms with E-state index in [4.69, 9.17) is 14.2 Å². The summed E-state index contributed by atoms with van der Waals surface area (Å²) < 4.78 is 62.4. The first kappa shape index (κ1) is 37.4. The van der Waals surface area contributed by atoms with Gasteiger partial charge in [0.05, 0.1) is 6.61 Å². The number of hydrogen-bond donors (Lipinski definition) is 0. The molecule has 1 aromatic heterocycles. The summed E-state index contributed by atoms with van der Waals surface area (Å²) in [4.78, 5) is 4.02.